The molecule has 40 heavy (non-hydrogen) atoms. The van der Waals surface area contributed by atoms with Crippen LogP contribution in [-0.4, -0.2) is 63.2 Å². The van der Waals surface area contributed by atoms with Gasteiger partial charge in [-0.15, -0.1) is 6.42 Å². The SMILES string of the molecule is C#CC1(O)C(OC(C)=O)C(COP(=O)(NC(C)C(=O)OC(C)C)Oc2ccccc2)OC1n1ccc(=O)[nH]c1=O. The molecule has 15 heteroatoms. The minimum absolute atomic E-state index is 0.129. The highest BCUT2D eigenvalue weighted by molar-refractivity contribution is 7.52. The first kappa shape index (κ1) is 30.8. The predicted octanol–water partition coefficient (Wildman–Crippen LogP) is 0.863. The lowest BCUT2D eigenvalue weighted by atomic mass is 9.94. The van der Waals surface area contributed by atoms with Crippen LogP contribution in [0.3, 0.4) is 0 Å². The van der Waals surface area contributed by atoms with Crippen LogP contribution in [0.1, 0.15) is 33.9 Å². The largest absolute Gasteiger partial charge is 0.462 e. The van der Waals surface area contributed by atoms with Crippen molar-refractivity contribution in [3.8, 4) is 18.1 Å². The Morgan fingerprint density at radius 1 is 1.25 bits per heavy atom. The molecule has 0 saturated carbocycles. The number of H-pyrrole nitrogens is 1. The number of benzene rings is 1. The van der Waals surface area contributed by atoms with E-state index in [0.717, 1.165) is 23.8 Å². The molecule has 6 atom stereocenters. The average Bonchev–Trinajstić information content (AvgIpc) is 3.14. The molecular formula is C25H30N3O11P. The first-order valence-corrected chi connectivity index (χ1v) is 13.6. The van der Waals surface area contributed by atoms with Gasteiger partial charge < -0.3 is 23.8 Å². The second kappa shape index (κ2) is 12.6. The van der Waals surface area contributed by atoms with Crippen molar-refractivity contribution in [1.82, 2.24) is 14.6 Å². The summed E-state index contributed by atoms with van der Waals surface area (Å²) in [4.78, 5) is 50.3. The van der Waals surface area contributed by atoms with Crippen molar-refractivity contribution < 1.29 is 42.5 Å². The monoisotopic (exact) mass is 579 g/mol. The van der Waals surface area contributed by atoms with Crippen LogP contribution in [0.2, 0.25) is 0 Å². The Morgan fingerprint density at radius 3 is 2.50 bits per heavy atom. The molecule has 3 rings (SSSR count). The summed E-state index contributed by atoms with van der Waals surface area (Å²) < 4.78 is 42.0. The summed E-state index contributed by atoms with van der Waals surface area (Å²) in [5.74, 6) is 0.632. The van der Waals surface area contributed by atoms with Crippen molar-refractivity contribution >= 4 is 19.7 Å². The molecule has 0 bridgehead atoms. The van der Waals surface area contributed by atoms with E-state index in [1.807, 2.05) is 4.98 Å². The Labute approximate surface area is 229 Å². The molecule has 6 unspecified atom stereocenters. The summed E-state index contributed by atoms with van der Waals surface area (Å²) in [7, 11) is -4.39. The van der Waals surface area contributed by atoms with Gasteiger partial charge in [0.15, 0.2) is 12.3 Å². The number of hydrogen-bond acceptors (Lipinski definition) is 11. The van der Waals surface area contributed by atoms with Crippen LogP contribution in [0.25, 0.3) is 0 Å². The van der Waals surface area contributed by atoms with Gasteiger partial charge in [-0.2, -0.15) is 5.09 Å². The lowest BCUT2D eigenvalue weighted by molar-refractivity contribution is -0.157. The second-order valence-electron chi connectivity index (χ2n) is 9.08. The number of aromatic amines is 1. The van der Waals surface area contributed by atoms with E-state index < -0.39 is 73.7 Å². The van der Waals surface area contributed by atoms with Crippen molar-refractivity contribution in [2.24, 2.45) is 0 Å². The van der Waals surface area contributed by atoms with E-state index in [2.05, 4.69) is 11.0 Å². The van der Waals surface area contributed by atoms with E-state index in [4.69, 9.17) is 29.7 Å². The van der Waals surface area contributed by atoms with Gasteiger partial charge in [0.2, 0.25) is 5.60 Å². The number of hydrogen-bond donors (Lipinski definition) is 3. The zero-order valence-corrected chi connectivity index (χ0v) is 23.0. The third-order valence-corrected chi connectivity index (χ3v) is 7.16. The van der Waals surface area contributed by atoms with Crippen LogP contribution in [0.5, 0.6) is 5.75 Å². The van der Waals surface area contributed by atoms with Crippen molar-refractivity contribution in [2.45, 2.75) is 63.9 Å². The molecule has 0 aliphatic carbocycles. The Balaban J connectivity index is 1.93. The van der Waals surface area contributed by atoms with Gasteiger partial charge in [0.05, 0.1) is 12.7 Å². The third kappa shape index (κ3) is 7.26. The number of para-hydroxylation sites is 1. The first-order valence-electron chi connectivity index (χ1n) is 12.1. The number of nitrogens with one attached hydrogen (secondary N) is 2. The molecule has 1 aliphatic heterocycles. The number of aromatic nitrogens is 2. The molecule has 0 amide bonds. The van der Waals surface area contributed by atoms with Crippen LogP contribution in [0, 0.1) is 12.3 Å². The van der Waals surface area contributed by atoms with Gasteiger partial charge in [0.1, 0.15) is 17.9 Å². The molecule has 2 heterocycles. The van der Waals surface area contributed by atoms with Crippen molar-refractivity contribution in [1.29, 1.82) is 0 Å². The number of terminal acetylenes is 1. The van der Waals surface area contributed by atoms with Crippen LogP contribution < -0.4 is 20.9 Å². The zero-order chi connectivity index (χ0) is 29.7. The summed E-state index contributed by atoms with van der Waals surface area (Å²) in [6, 6.07) is 7.77. The second-order valence-corrected chi connectivity index (χ2v) is 10.8. The van der Waals surface area contributed by atoms with Crippen LogP contribution in [-0.2, 0) is 32.9 Å². The van der Waals surface area contributed by atoms with E-state index in [-0.39, 0.29) is 5.75 Å². The topological polar surface area (TPSA) is 184 Å². The molecule has 1 aromatic carbocycles. The Bertz CT molecular complexity index is 1420. The predicted molar refractivity (Wildman–Crippen MR) is 139 cm³/mol. The summed E-state index contributed by atoms with van der Waals surface area (Å²) in [6.45, 7) is 5.06. The van der Waals surface area contributed by atoms with Crippen LogP contribution in [0.15, 0.2) is 52.2 Å². The number of aliphatic hydroxyl groups is 1. The lowest BCUT2D eigenvalue weighted by Crippen LogP contribution is -2.50. The maximum Gasteiger partial charge on any atom is 0.459 e. The number of carbonyl (C=O) groups is 2. The van der Waals surface area contributed by atoms with Crippen LogP contribution >= 0.6 is 7.75 Å². The van der Waals surface area contributed by atoms with Gasteiger partial charge in [0.25, 0.3) is 5.56 Å². The highest BCUT2D eigenvalue weighted by atomic mass is 31.2. The fourth-order valence-electron chi connectivity index (χ4n) is 3.78. The summed E-state index contributed by atoms with van der Waals surface area (Å²) in [6.07, 6.45) is 1.50. The summed E-state index contributed by atoms with van der Waals surface area (Å²) >= 11 is 0. The zero-order valence-electron chi connectivity index (χ0n) is 22.1. The smallest absolute Gasteiger partial charge is 0.459 e. The van der Waals surface area contributed by atoms with Crippen molar-refractivity contribution in [3.05, 3.63) is 63.4 Å². The molecule has 1 aliphatic rings. The molecule has 1 aromatic heterocycles. The number of esters is 2. The minimum Gasteiger partial charge on any atom is -0.462 e. The molecule has 3 N–H and O–H groups in total. The van der Waals surface area contributed by atoms with E-state index >= 15 is 0 Å². The Kier molecular flexibility index (Phi) is 9.73. The summed E-state index contributed by atoms with van der Waals surface area (Å²) in [5, 5.41) is 13.8. The van der Waals surface area contributed by atoms with Crippen molar-refractivity contribution in [3.63, 3.8) is 0 Å². The van der Waals surface area contributed by atoms with E-state index in [9.17, 15) is 28.8 Å². The van der Waals surface area contributed by atoms with E-state index in [1.165, 1.54) is 19.1 Å². The number of nitrogens with zero attached hydrogens (tertiary/aromatic N) is 1. The third-order valence-electron chi connectivity index (χ3n) is 5.51. The van der Waals surface area contributed by atoms with Gasteiger partial charge in [-0.3, -0.25) is 28.5 Å². The fourth-order valence-corrected chi connectivity index (χ4v) is 5.29. The highest BCUT2D eigenvalue weighted by Gasteiger charge is 2.59. The molecule has 14 nitrogen and oxygen atoms in total. The fraction of sp³-hybridized carbons (Fsp3) is 0.440. The molecule has 216 valence electrons. The van der Waals surface area contributed by atoms with Crippen molar-refractivity contribution in [2.75, 3.05) is 6.61 Å². The highest BCUT2D eigenvalue weighted by Crippen LogP contribution is 2.47. The van der Waals surface area contributed by atoms with Gasteiger partial charge in [-0.05, 0) is 32.9 Å². The molecule has 0 spiro atoms. The maximum atomic E-state index is 13.8. The number of carbonyl (C=O) groups excluding carboxylic acids is 2. The Morgan fingerprint density at radius 2 is 1.93 bits per heavy atom. The molecular weight excluding hydrogens is 549 g/mol. The number of rotatable bonds is 11. The van der Waals surface area contributed by atoms with Gasteiger partial charge in [0, 0.05) is 19.2 Å². The van der Waals surface area contributed by atoms with Gasteiger partial charge >= 0.3 is 25.4 Å². The van der Waals surface area contributed by atoms with E-state index in [1.54, 1.807) is 32.0 Å². The quantitative estimate of drug-likeness (QED) is 0.194. The molecule has 0 radical (unpaired) electrons. The molecule has 1 saturated heterocycles. The van der Waals surface area contributed by atoms with Gasteiger partial charge in [-0.25, -0.2) is 9.36 Å². The molecule has 1 fully saturated rings. The van der Waals surface area contributed by atoms with Crippen LogP contribution in [0.4, 0.5) is 0 Å². The normalized spacial score (nSPS) is 24.5. The minimum atomic E-state index is -4.39. The standard InChI is InChI=1S/C25H30N3O11P/c1-6-25(33)21(37-17(5)29)19(38-23(25)28-13-12-20(30)26-24(28)32)14-35-40(34,39-18-10-8-7-9-11-18)27-16(4)22(31)36-15(2)3/h1,7-13,15-16,19,21,23,33H,14H2,2-5H3,(H,27,34)(H,26,30,32). The van der Waals surface area contributed by atoms with Gasteiger partial charge in [-0.1, -0.05) is 24.1 Å². The maximum absolute atomic E-state index is 13.8. The summed E-state index contributed by atoms with van der Waals surface area (Å²) in [5.41, 5.74) is -4.10. The first-order chi connectivity index (χ1) is 18.8. The Hall–Kier alpha value is -3.73. The lowest BCUT2D eigenvalue weighted by Gasteiger charge is -2.29. The average molecular weight is 579 g/mol. The van der Waals surface area contributed by atoms with E-state index in [0.29, 0.717) is 0 Å². The molecule has 2 aromatic rings. The number of ether oxygens (including phenoxy) is 3.